The summed E-state index contributed by atoms with van der Waals surface area (Å²) in [6.45, 7) is 0. The van der Waals surface area contributed by atoms with E-state index >= 15 is 0 Å². The van der Waals surface area contributed by atoms with Crippen LogP contribution in [-0.4, -0.2) is 16.9 Å². The van der Waals surface area contributed by atoms with Gasteiger partial charge in [-0.2, -0.15) is 13.2 Å². The number of carbonyl (C=O) groups excluding carboxylic acids is 2. The van der Waals surface area contributed by atoms with Crippen LogP contribution in [0.4, 0.5) is 13.2 Å². The molecule has 0 aliphatic carbocycles. The predicted octanol–water partition coefficient (Wildman–Crippen LogP) is 2.84. The highest BCUT2D eigenvalue weighted by Gasteiger charge is 2.29. The van der Waals surface area contributed by atoms with E-state index in [0.717, 1.165) is 24.3 Å². The van der Waals surface area contributed by atoms with Crippen LogP contribution in [0.3, 0.4) is 0 Å². The van der Waals surface area contributed by atoms with E-state index in [2.05, 4.69) is 15.6 Å². The van der Waals surface area contributed by atoms with Gasteiger partial charge in [-0.15, -0.1) is 0 Å². The van der Waals surface area contributed by atoms with Gasteiger partial charge in [0.25, 0.3) is 0 Å². The molecule has 0 unspecified atom stereocenters. The van der Waals surface area contributed by atoms with Gasteiger partial charge in [0.05, 0.1) is 5.56 Å². The van der Waals surface area contributed by atoms with Gasteiger partial charge >= 0.3 is 18.1 Å². The number of rotatable bonds is 1. The predicted molar refractivity (Wildman–Crippen MR) is 73.0 cm³/mol. The van der Waals surface area contributed by atoms with Crippen molar-refractivity contribution in [3.05, 3.63) is 65.5 Å². The third kappa shape index (κ3) is 4.68. The average molecular weight is 319 g/mol. The summed E-state index contributed by atoms with van der Waals surface area (Å²) >= 11 is 0. The van der Waals surface area contributed by atoms with E-state index < -0.39 is 23.7 Å². The molecule has 0 fully saturated rings. The molecule has 0 N–H and O–H groups in total. The van der Waals surface area contributed by atoms with Crippen molar-refractivity contribution in [3.63, 3.8) is 0 Å². The van der Waals surface area contributed by atoms with Gasteiger partial charge in [0.1, 0.15) is 5.69 Å². The number of halogens is 3. The lowest BCUT2D eigenvalue weighted by atomic mass is 10.1. The van der Waals surface area contributed by atoms with Crippen molar-refractivity contribution in [2.75, 3.05) is 0 Å². The molecule has 4 nitrogen and oxygen atoms in total. The first-order chi connectivity index (χ1) is 10.9. The zero-order chi connectivity index (χ0) is 16.9. The largest absolute Gasteiger partial charge is 0.416 e. The van der Waals surface area contributed by atoms with E-state index in [1.165, 1.54) is 12.3 Å². The van der Waals surface area contributed by atoms with Crippen LogP contribution in [-0.2, 0) is 15.7 Å². The van der Waals surface area contributed by atoms with E-state index in [4.69, 9.17) is 0 Å². The SMILES string of the molecule is O=C(C#Cc1ccc(C(F)(F)F)cc1)OC(=O)c1ccccn1. The van der Waals surface area contributed by atoms with Gasteiger partial charge in [0, 0.05) is 17.7 Å². The van der Waals surface area contributed by atoms with E-state index in [1.54, 1.807) is 12.1 Å². The van der Waals surface area contributed by atoms with Crippen LogP contribution < -0.4 is 0 Å². The molecule has 0 amide bonds. The highest BCUT2D eigenvalue weighted by atomic mass is 19.4. The average Bonchev–Trinajstić information content (AvgIpc) is 2.53. The number of hydrogen-bond acceptors (Lipinski definition) is 4. The first-order valence-corrected chi connectivity index (χ1v) is 6.23. The van der Waals surface area contributed by atoms with Crippen molar-refractivity contribution in [2.45, 2.75) is 6.18 Å². The Morgan fingerprint density at radius 3 is 2.30 bits per heavy atom. The zero-order valence-corrected chi connectivity index (χ0v) is 11.4. The summed E-state index contributed by atoms with van der Waals surface area (Å²) in [5.74, 6) is 2.25. The Morgan fingerprint density at radius 2 is 1.74 bits per heavy atom. The Balaban J connectivity index is 2.01. The van der Waals surface area contributed by atoms with Crippen LogP contribution in [0.5, 0.6) is 0 Å². The summed E-state index contributed by atoms with van der Waals surface area (Å²) in [6.07, 6.45) is -3.09. The minimum Gasteiger partial charge on any atom is -0.378 e. The molecule has 1 heterocycles. The smallest absolute Gasteiger partial charge is 0.378 e. The number of benzene rings is 1. The molecule has 0 atom stereocenters. The second-order valence-corrected chi connectivity index (χ2v) is 4.22. The molecule has 1 aromatic carbocycles. The van der Waals surface area contributed by atoms with Gasteiger partial charge in [-0.3, -0.25) is 0 Å². The van der Waals surface area contributed by atoms with E-state index in [9.17, 15) is 22.8 Å². The normalized spacial score (nSPS) is 10.4. The molecule has 0 saturated heterocycles. The molecule has 0 saturated carbocycles. The molecule has 23 heavy (non-hydrogen) atoms. The lowest BCUT2D eigenvalue weighted by Crippen LogP contribution is -2.12. The third-order valence-corrected chi connectivity index (χ3v) is 2.58. The maximum atomic E-state index is 12.4. The quantitative estimate of drug-likeness (QED) is 0.461. The van der Waals surface area contributed by atoms with Gasteiger partial charge in [-0.1, -0.05) is 12.0 Å². The molecule has 0 aliphatic heterocycles. The van der Waals surface area contributed by atoms with Crippen molar-refractivity contribution in [1.29, 1.82) is 0 Å². The maximum Gasteiger partial charge on any atom is 0.416 e. The number of pyridine rings is 1. The van der Waals surface area contributed by atoms with Crippen LogP contribution in [0.2, 0.25) is 0 Å². The standard InChI is InChI=1S/C16H8F3NO3/c17-16(18,19)12-7-4-11(5-8-12)6-9-14(21)23-15(22)13-3-1-2-10-20-13/h1-5,7-8,10H. The van der Waals surface area contributed by atoms with Crippen molar-refractivity contribution < 1.29 is 27.5 Å². The van der Waals surface area contributed by atoms with Crippen molar-refractivity contribution in [1.82, 2.24) is 4.98 Å². The number of nitrogens with zero attached hydrogens (tertiary/aromatic N) is 1. The lowest BCUT2D eigenvalue weighted by Gasteiger charge is -2.05. The molecule has 0 spiro atoms. The number of carbonyl (C=O) groups is 2. The summed E-state index contributed by atoms with van der Waals surface area (Å²) in [4.78, 5) is 26.6. The van der Waals surface area contributed by atoms with Gasteiger partial charge in [0.2, 0.25) is 0 Å². The molecule has 2 aromatic rings. The molecule has 0 aliphatic rings. The topological polar surface area (TPSA) is 56.3 Å². The minimum absolute atomic E-state index is 0.0582. The Labute approximate surface area is 128 Å². The summed E-state index contributed by atoms with van der Waals surface area (Å²) in [7, 11) is 0. The van der Waals surface area contributed by atoms with Gasteiger partial charge in [0.15, 0.2) is 0 Å². The number of ether oxygens (including phenoxy) is 1. The Morgan fingerprint density at radius 1 is 1.04 bits per heavy atom. The number of esters is 2. The monoisotopic (exact) mass is 319 g/mol. The molecule has 2 rings (SSSR count). The fourth-order valence-electron chi connectivity index (χ4n) is 1.51. The summed E-state index contributed by atoms with van der Waals surface area (Å²) < 4.78 is 41.6. The van der Waals surface area contributed by atoms with E-state index in [1.807, 2.05) is 5.92 Å². The highest BCUT2D eigenvalue weighted by molar-refractivity contribution is 6.01. The van der Waals surface area contributed by atoms with Crippen molar-refractivity contribution in [3.8, 4) is 11.8 Å². The molecule has 116 valence electrons. The summed E-state index contributed by atoms with van der Waals surface area (Å²) in [5, 5.41) is 0. The van der Waals surface area contributed by atoms with E-state index in [-0.39, 0.29) is 11.3 Å². The Kier molecular flexibility index (Phi) is 4.76. The van der Waals surface area contributed by atoms with Crippen LogP contribution in [0.25, 0.3) is 0 Å². The van der Waals surface area contributed by atoms with Crippen LogP contribution >= 0.6 is 0 Å². The highest BCUT2D eigenvalue weighted by Crippen LogP contribution is 2.28. The Hall–Kier alpha value is -3.14. The van der Waals surface area contributed by atoms with Crippen LogP contribution in [0, 0.1) is 11.8 Å². The molecule has 0 radical (unpaired) electrons. The fraction of sp³-hybridized carbons (Fsp3) is 0.0625. The minimum atomic E-state index is -4.44. The van der Waals surface area contributed by atoms with E-state index in [0.29, 0.717) is 0 Å². The molecule has 1 aromatic heterocycles. The summed E-state index contributed by atoms with van der Waals surface area (Å²) in [6, 6.07) is 8.40. The third-order valence-electron chi connectivity index (χ3n) is 2.58. The van der Waals surface area contributed by atoms with Gasteiger partial charge in [-0.25, -0.2) is 14.6 Å². The first-order valence-electron chi connectivity index (χ1n) is 6.23. The summed E-state index contributed by atoms with van der Waals surface area (Å²) in [5.41, 5.74) is -0.701. The van der Waals surface area contributed by atoms with Gasteiger partial charge < -0.3 is 4.74 Å². The molecular weight excluding hydrogens is 311 g/mol. The van der Waals surface area contributed by atoms with Gasteiger partial charge in [-0.05, 0) is 36.4 Å². The van der Waals surface area contributed by atoms with Crippen LogP contribution in [0.15, 0.2) is 48.7 Å². The number of aromatic nitrogens is 1. The number of hydrogen-bond donors (Lipinski definition) is 0. The second-order valence-electron chi connectivity index (χ2n) is 4.22. The molecule has 7 heteroatoms. The molecular formula is C16H8F3NO3. The Bertz CT molecular complexity index is 772. The van der Waals surface area contributed by atoms with Crippen molar-refractivity contribution in [2.24, 2.45) is 0 Å². The maximum absolute atomic E-state index is 12.4. The lowest BCUT2D eigenvalue weighted by molar-refractivity contribution is -0.137. The second kappa shape index (κ2) is 6.75. The van der Waals surface area contributed by atoms with Crippen molar-refractivity contribution >= 4 is 11.9 Å². The molecule has 0 bridgehead atoms. The zero-order valence-electron chi connectivity index (χ0n) is 11.4. The first kappa shape index (κ1) is 16.2. The fourth-order valence-corrected chi connectivity index (χ4v) is 1.51. The number of alkyl halides is 3. The van der Waals surface area contributed by atoms with Crippen LogP contribution in [0.1, 0.15) is 21.6 Å².